The molecule has 1 aromatic rings. The van der Waals surface area contributed by atoms with Crippen molar-refractivity contribution in [3.63, 3.8) is 0 Å². The molecule has 0 spiro atoms. The van der Waals surface area contributed by atoms with Gasteiger partial charge in [-0.2, -0.15) is 0 Å². The topological polar surface area (TPSA) is 45.2 Å². The highest BCUT2D eigenvalue weighted by atomic mass is 32.1. The Labute approximate surface area is 107 Å². The third-order valence-electron chi connectivity index (χ3n) is 2.70. The summed E-state index contributed by atoms with van der Waals surface area (Å²) in [5, 5.41) is 6.01. The van der Waals surface area contributed by atoms with E-state index >= 15 is 0 Å². The van der Waals surface area contributed by atoms with Gasteiger partial charge in [0.2, 0.25) is 5.91 Å². The molecule has 0 aromatic carbocycles. The van der Waals surface area contributed by atoms with E-state index in [4.69, 9.17) is 0 Å². The van der Waals surface area contributed by atoms with E-state index in [0.29, 0.717) is 0 Å². The van der Waals surface area contributed by atoms with Crippen LogP contribution in [0.2, 0.25) is 0 Å². The molecular formula is C12H21N3OS. The van der Waals surface area contributed by atoms with Crippen LogP contribution >= 0.6 is 11.3 Å². The van der Waals surface area contributed by atoms with Crippen molar-refractivity contribution >= 4 is 22.4 Å². The second-order valence-corrected chi connectivity index (χ2v) is 4.73. The Bertz CT molecular complexity index is 360. The Morgan fingerprint density at radius 2 is 2.12 bits per heavy atom. The van der Waals surface area contributed by atoms with Crippen LogP contribution in [0.1, 0.15) is 33.4 Å². The highest BCUT2D eigenvalue weighted by Crippen LogP contribution is 2.17. The number of rotatable bonds is 6. The molecule has 0 fully saturated rings. The molecule has 5 heteroatoms. The van der Waals surface area contributed by atoms with Gasteiger partial charge in [0.05, 0.1) is 5.69 Å². The predicted molar refractivity (Wildman–Crippen MR) is 72.5 cm³/mol. The van der Waals surface area contributed by atoms with Crippen LogP contribution in [0.15, 0.2) is 5.38 Å². The van der Waals surface area contributed by atoms with Gasteiger partial charge in [0.15, 0.2) is 5.13 Å². The smallest absolute Gasteiger partial charge is 0.244 e. The van der Waals surface area contributed by atoms with E-state index in [9.17, 15) is 4.79 Å². The van der Waals surface area contributed by atoms with E-state index in [1.54, 1.807) is 11.3 Å². The minimum Gasteiger partial charge on any atom is -0.350 e. The van der Waals surface area contributed by atoms with Gasteiger partial charge in [-0.15, -0.1) is 11.3 Å². The molecular weight excluding hydrogens is 234 g/mol. The van der Waals surface area contributed by atoms with Crippen molar-refractivity contribution in [2.75, 3.05) is 18.4 Å². The number of hydrogen-bond donors (Lipinski definition) is 1. The average molecular weight is 255 g/mol. The first kappa shape index (κ1) is 14.0. The van der Waals surface area contributed by atoms with E-state index in [0.717, 1.165) is 30.3 Å². The normalized spacial score (nSPS) is 12.2. The Morgan fingerprint density at radius 3 is 2.59 bits per heavy atom. The van der Waals surface area contributed by atoms with Crippen molar-refractivity contribution in [2.45, 2.75) is 40.2 Å². The van der Waals surface area contributed by atoms with Crippen molar-refractivity contribution in [3.8, 4) is 0 Å². The van der Waals surface area contributed by atoms with Gasteiger partial charge in [-0.05, 0) is 27.2 Å². The van der Waals surface area contributed by atoms with Gasteiger partial charge >= 0.3 is 0 Å². The first-order chi connectivity index (χ1) is 8.12. The number of likely N-dealkylation sites (N-methyl/N-ethyl adjacent to an activating group) is 1. The number of amides is 1. The molecule has 0 aliphatic carbocycles. The number of carbonyl (C=O) groups is 1. The zero-order valence-corrected chi connectivity index (χ0v) is 11.8. The van der Waals surface area contributed by atoms with E-state index < -0.39 is 0 Å². The van der Waals surface area contributed by atoms with Crippen LogP contribution in [0.4, 0.5) is 5.13 Å². The van der Waals surface area contributed by atoms with Gasteiger partial charge in [-0.1, -0.05) is 6.92 Å². The molecule has 0 radical (unpaired) electrons. The van der Waals surface area contributed by atoms with Crippen molar-refractivity contribution < 1.29 is 4.79 Å². The molecule has 0 saturated heterocycles. The first-order valence-corrected chi connectivity index (χ1v) is 7.00. The Kier molecular flexibility index (Phi) is 5.41. The van der Waals surface area contributed by atoms with Crippen LogP contribution in [0.25, 0.3) is 0 Å². The lowest BCUT2D eigenvalue weighted by atomic mass is 10.3. The molecule has 0 aliphatic rings. The van der Waals surface area contributed by atoms with Gasteiger partial charge < -0.3 is 10.2 Å². The zero-order chi connectivity index (χ0) is 12.8. The largest absolute Gasteiger partial charge is 0.350 e. The molecule has 0 saturated carbocycles. The Morgan fingerprint density at radius 1 is 1.47 bits per heavy atom. The fourth-order valence-corrected chi connectivity index (χ4v) is 2.47. The lowest BCUT2D eigenvalue weighted by Gasteiger charge is -2.23. The maximum absolute atomic E-state index is 12.0. The quantitative estimate of drug-likeness (QED) is 0.849. The van der Waals surface area contributed by atoms with Crippen LogP contribution in [0.5, 0.6) is 0 Å². The van der Waals surface area contributed by atoms with Crippen molar-refractivity contribution in [2.24, 2.45) is 0 Å². The summed E-state index contributed by atoms with van der Waals surface area (Å²) in [5.74, 6) is 0.128. The summed E-state index contributed by atoms with van der Waals surface area (Å²) in [5.41, 5.74) is 1.07. The molecule has 1 heterocycles. The highest BCUT2D eigenvalue weighted by molar-refractivity contribution is 7.13. The highest BCUT2D eigenvalue weighted by Gasteiger charge is 2.18. The molecule has 96 valence electrons. The fourth-order valence-electron chi connectivity index (χ4n) is 1.59. The number of nitrogens with zero attached hydrogens (tertiary/aromatic N) is 2. The molecule has 0 bridgehead atoms. The number of aryl methyl sites for hydroxylation is 1. The molecule has 1 aromatic heterocycles. The Hall–Kier alpha value is -1.10. The summed E-state index contributed by atoms with van der Waals surface area (Å²) < 4.78 is 0. The van der Waals surface area contributed by atoms with Gasteiger partial charge in [-0.3, -0.25) is 4.79 Å². The van der Waals surface area contributed by atoms with E-state index in [1.165, 1.54) is 0 Å². The number of nitrogens with one attached hydrogen (secondary N) is 1. The number of carbonyl (C=O) groups excluding carboxylic acids is 1. The number of thiazole rings is 1. The predicted octanol–water partition coefficient (Wildman–Crippen LogP) is 2.37. The third-order valence-corrected chi connectivity index (χ3v) is 3.52. The maximum Gasteiger partial charge on any atom is 0.244 e. The molecule has 4 nitrogen and oxygen atoms in total. The van der Waals surface area contributed by atoms with Crippen molar-refractivity contribution in [1.29, 1.82) is 0 Å². The van der Waals surface area contributed by atoms with Gasteiger partial charge in [0, 0.05) is 18.5 Å². The minimum absolute atomic E-state index is 0.128. The molecule has 0 aliphatic heterocycles. The number of aromatic nitrogens is 1. The lowest BCUT2D eigenvalue weighted by Crippen LogP contribution is -2.41. The zero-order valence-electron chi connectivity index (χ0n) is 11.0. The van der Waals surface area contributed by atoms with Gasteiger partial charge in [0.1, 0.15) is 6.04 Å². The summed E-state index contributed by atoms with van der Waals surface area (Å²) in [6.45, 7) is 9.44. The number of hydrogen-bond acceptors (Lipinski definition) is 4. The van der Waals surface area contributed by atoms with E-state index in [-0.39, 0.29) is 11.9 Å². The molecule has 1 rings (SSSR count). The summed E-state index contributed by atoms with van der Waals surface area (Å²) in [6, 6.07) is -0.217. The summed E-state index contributed by atoms with van der Waals surface area (Å²) in [7, 11) is 0. The standard InChI is InChI=1S/C12H21N3OS/c1-5-10-8-17-12(14-10)13-9(4)11(16)15(6-2)7-3/h8-9H,5-7H2,1-4H3,(H,13,14). The Balaban J connectivity index is 2.58. The van der Waals surface area contributed by atoms with Crippen LogP contribution in [0, 0.1) is 0 Å². The molecule has 1 N–H and O–H groups in total. The second kappa shape index (κ2) is 6.59. The maximum atomic E-state index is 12.0. The summed E-state index contributed by atoms with van der Waals surface area (Å²) >= 11 is 1.55. The fraction of sp³-hybridized carbons (Fsp3) is 0.667. The average Bonchev–Trinajstić information content (AvgIpc) is 2.78. The molecule has 1 amide bonds. The summed E-state index contributed by atoms with van der Waals surface area (Å²) in [4.78, 5) is 18.3. The van der Waals surface area contributed by atoms with Crippen molar-refractivity contribution in [3.05, 3.63) is 11.1 Å². The third kappa shape index (κ3) is 3.70. The second-order valence-electron chi connectivity index (χ2n) is 3.87. The van der Waals surface area contributed by atoms with Crippen LogP contribution in [0.3, 0.4) is 0 Å². The number of anilines is 1. The van der Waals surface area contributed by atoms with E-state index in [2.05, 4.69) is 17.2 Å². The van der Waals surface area contributed by atoms with Gasteiger partial charge in [0.25, 0.3) is 0 Å². The van der Waals surface area contributed by atoms with E-state index in [1.807, 2.05) is 31.1 Å². The molecule has 1 unspecified atom stereocenters. The SMILES string of the molecule is CCc1csc(NC(C)C(=O)N(CC)CC)n1. The first-order valence-electron chi connectivity index (χ1n) is 6.12. The molecule has 17 heavy (non-hydrogen) atoms. The summed E-state index contributed by atoms with van der Waals surface area (Å²) in [6.07, 6.45) is 0.927. The molecule has 1 atom stereocenters. The van der Waals surface area contributed by atoms with Crippen LogP contribution < -0.4 is 5.32 Å². The monoisotopic (exact) mass is 255 g/mol. The minimum atomic E-state index is -0.217. The van der Waals surface area contributed by atoms with Crippen LogP contribution in [-0.2, 0) is 11.2 Å². The van der Waals surface area contributed by atoms with Crippen LogP contribution in [-0.4, -0.2) is 34.9 Å². The van der Waals surface area contributed by atoms with Gasteiger partial charge in [-0.25, -0.2) is 4.98 Å². The lowest BCUT2D eigenvalue weighted by molar-refractivity contribution is -0.131. The van der Waals surface area contributed by atoms with Crippen molar-refractivity contribution in [1.82, 2.24) is 9.88 Å².